The highest BCUT2D eigenvalue weighted by molar-refractivity contribution is 7.56. The zero-order valence-corrected chi connectivity index (χ0v) is 24.5. The maximum atomic E-state index is 14.1. The van der Waals surface area contributed by atoms with Crippen LogP contribution in [-0.4, -0.2) is 68.3 Å². The van der Waals surface area contributed by atoms with E-state index in [0.29, 0.717) is 17.7 Å². The molecule has 3 rings (SSSR count). The van der Waals surface area contributed by atoms with E-state index in [1.54, 1.807) is 31.7 Å². The first-order chi connectivity index (χ1) is 18.3. The topological polar surface area (TPSA) is 170 Å². The molecule has 13 nitrogen and oxygen atoms in total. The molecule has 14 heteroatoms. The van der Waals surface area contributed by atoms with E-state index in [1.165, 1.54) is 13.3 Å². The van der Waals surface area contributed by atoms with Crippen molar-refractivity contribution in [2.45, 2.75) is 97.6 Å². The predicted molar refractivity (Wildman–Crippen MR) is 145 cm³/mol. The van der Waals surface area contributed by atoms with Gasteiger partial charge in [-0.3, -0.25) is 9.36 Å². The van der Waals surface area contributed by atoms with Crippen molar-refractivity contribution in [1.82, 2.24) is 24.6 Å². The van der Waals surface area contributed by atoms with Crippen LogP contribution in [0.25, 0.3) is 11.2 Å². The van der Waals surface area contributed by atoms with Crippen LogP contribution in [0.1, 0.15) is 67.2 Å². The van der Waals surface area contributed by atoms with Crippen molar-refractivity contribution in [3.05, 3.63) is 12.7 Å². The first kappa shape index (κ1) is 30.9. The number of rotatable bonds is 14. The minimum atomic E-state index is -3.94. The second-order valence-electron chi connectivity index (χ2n) is 10.9. The highest BCUT2D eigenvalue weighted by Gasteiger charge is 2.41. The summed E-state index contributed by atoms with van der Waals surface area (Å²) in [6, 6.07) is 0. The molecule has 0 aliphatic heterocycles. The quantitative estimate of drug-likeness (QED) is 0.252. The molecule has 2 heterocycles. The van der Waals surface area contributed by atoms with Crippen molar-refractivity contribution in [1.29, 1.82) is 0 Å². The van der Waals surface area contributed by atoms with Crippen LogP contribution in [0.5, 0.6) is 0 Å². The van der Waals surface area contributed by atoms with Crippen molar-refractivity contribution >= 4 is 36.4 Å². The Morgan fingerprint density at radius 2 is 1.87 bits per heavy atom. The first-order valence-corrected chi connectivity index (χ1v) is 15.1. The van der Waals surface area contributed by atoms with Crippen molar-refractivity contribution < 1.29 is 32.9 Å². The Balaban J connectivity index is 1.71. The fourth-order valence-electron chi connectivity index (χ4n) is 4.14. The lowest BCUT2D eigenvalue weighted by atomic mass is 10.1. The van der Waals surface area contributed by atoms with Crippen molar-refractivity contribution in [3.8, 4) is 0 Å². The Kier molecular flexibility index (Phi) is 10.4. The number of imidazole rings is 1. The molecule has 0 amide bonds. The second-order valence-corrected chi connectivity index (χ2v) is 13.0. The molecular formula is C25H41N6O7P. The zero-order valence-electron chi connectivity index (χ0n) is 23.6. The number of hydrogen-bond acceptors (Lipinski definition) is 11. The fraction of sp³-hybridized carbons (Fsp3) is 0.720. The van der Waals surface area contributed by atoms with Crippen LogP contribution in [0.15, 0.2) is 12.7 Å². The number of nitrogens with one attached hydrogen (secondary N) is 1. The maximum Gasteiger partial charge on any atom is 0.335 e. The molecule has 0 aromatic carbocycles. The molecular weight excluding hydrogens is 527 g/mol. The molecule has 0 bridgehead atoms. The normalized spacial score (nSPS) is 17.7. The summed E-state index contributed by atoms with van der Waals surface area (Å²) in [6.07, 6.45) is 4.28. The van der Waals surface area contributed by atoms with Gasteiger partial charge < -0.3 is 29.0 Å². The van der Waals surface area contributed by atoms with E-state index in [0.717, 1.165) is 25.7 Å². The summed E-state index contributed by atoms with van der Waals surface area (Å²) < 4.78 is 38.4. The van der Waals surface area contributed by atoms with Gasteiger partial charge in [0.05, 0.1) is 25.6 Å². The van der Waals surface area contributed by atoms with E-state index in [4.69, 9.17) is 24.5 Å². The molecule has 0 spiro atoms. The summed E-state index contributed by atoms with van der Waals surface area (Å²) in [6.45, 7) is 10.7. The highest BCUT2D eigenvalue weighted by Crippen LogP contribution is 2.46. The lowest BCUT2D eigenvalue weighted by molar-refractivity contribution is -0.156. The number of nitrogen functional groups attached to an aromatic ring is 1. The third-order valence-electron chi connectivity index (χ3n) is 6.17. The SMILES string of the molecule is CC(C)COC(=O)C(C)(C)NP(=O)(CO[C@H](C)Cn1cnc2c(N)ncnc21)O[C@@H](C)C(=O)OC1CCCC1. The largest absolute Gasteiger partial charge is 0.464 e. The third-order valence-corrected chi connectivity index (χ3v) is 8.21. The Labute approximate surface area is 229 Å². The lowest BCUT2D eigenvalue weighted by Gasteiger charge is -2.31. The molecule has 39 heavy (non-hydrogen) atoms. The van der Waals surface area contributed by atoms with Gasteiger partial charge in [0.15, 0.2) is 17.6 Å². The molecule has 2 aromatic rings. The third kappa shape index (κ3) is 8.69. The standard InChI is InChI=1S/C25H41N6O7P/c1-16(2)12-35-24(33)25(5,6)30-39(34,38-18(4)23(32)37-19-9-7-8-10-19)15-36-17(3)11-31-14-29-20-21(26)27-13-28-22(20)31/h13-14,16-19H,7-12,15H2,1-6H3,(H,30,34)(H2,26,27,28)/t17-,18+,39?/m1/s1. The highest BCUT2D eigenvalue weighted by atomic mass is 31.2. The average molecular weight is 569 g/mol. The van der Waals surface area contributed by atoms with Crippen LogP contribution >= 0.6 is 7.52 Å². The predicted octanol–water partition coefficient (Wildman–Crippen LogP) is 3.42. The molecule has 1 aliphatic rings. The Hall–Kier alpha value is -2.60. The lowest BCUT2D eigenvalue weighted by Crippen LogP contribution is -2.47. The van der Waals surface area contributed by atoms with E-state index >= 15 is 0 Å². The summed E-state index contributed by atoms with van der Waals surface area (Å²) in [5.74, 6) is -0.822. The number of carbonyl (C=O) groups is 2. The summed E-state index contributed by atoms with van der Waals surface area (Å²) in [7, 11) is -3.94. The molecule has 1 aliphatic carbocycles. The number of aromatic nitrogens is 4. The van der Waals surface area contributed by atoms with Crippen LogP contribution in [0.3, 0.4) is 0 Å². The van der Waals surface area contributed by atoms with Crippen LogP contribution in [0.2, 0.25) is 0 Å². The fourth-order valence-corrected chi connectivity index (χ4v) is 6.30. The van der Waals surface area contributed by atoms with Crippen molar-refractivity contribution in [2.75, 3.05) is 18.7 Å². The number of carbonyl (C=O) groups excluding carboxylic acids is 2. The Bertz CT molecular complexity index is 1180. The molecule has 3 N–H and O–H groups in total. The minimum Gasteiger partial charge on any atom is -0.464 e. The molecule has 0 radical (unpaired) electrons. The average Bonchev–Trinajstić information content (AvgIpc) is 3.51. The van der Waals surface area contributed by atoms with Crippen molar-refractivity contribution in [3.63, 3.8) is 0 Å². The van der Waals surface area contributed by atoms with Gasteiger partial charge in [-0.05, 0) is 59.3 Å². The number of anilines is 1. The van der Waals surface area contributed by atoms with Crippen molar-refractivity contribution in [2.24, 2.45) is 5.92 Å². The number of esters is 2. The van der Waals surface area contributed by atoms with E-state index in [2.05, 4.69) is 20.0 Å². The van der Waals surface area contributed by atoms with Gasteiger partial charge in [-0.1, -0.05) is 13.8 Å². The van der Waals surface area contributed by atoms with Gasteiger partial charge >= 0.3 is 11.9 Å². The number of hydrogen-bond donors (Lipinski definition) is 2. The molecule has 0 saturated heterocycles. The smallest absolute Gasteiger partial charge is 0.335 e. The monoisotopic (exact) mass is 568 g/mol. The number of nitrogens with two attached hydrogens (primary N) is 1. The molecule has 1 fully saturated rings. The van der Waals surface area contributed by atoms with Gasteiger partial charge in [-0.25, -0.2) is 24.8 Å². The van der Waals surface area contributed by atoms with E-state index < -0.39 is 43.6 Å². The second kappa shape index (κ2) is 13.2. The van der Waals surface area contributed by atoms with Gasteiger partial charge in [0, 0.05) is 0 Å². The van der Waals surface area contributed by atoms with Gasteiger partial charge in [0.1, 0.15) is 29.8 Å². The number of ether oxygens (including phenoxy) is 3. The maximum absolute atomic E-state index is 14.1. The summed E-state index contributed by atoms with van der Waals surface area (Å²) in [4.78, 5) is 37.9. The van der Waals surface area contributed by atoms with Crippen LogP contribution in [0, 0.1) is 5.92 Å². The van der Waals surface area contributed by atoms with Crippen LogP contribution < -0.4 is 10.8 Å². The summed E-state index contributed by atoms with van der Waals surface area (Å²) in [5.41, 5.74) is 5.48. The molecule has 1 unspecified atom stereocenters. The van der Waals surface area contributed by atoms with Gasteiger partial charge in [0.2, 0.25) is 0 Å². The van der Waals surface area contributed by atoms with Gasteiger partial charge in [-0.2, -0.15) is 0 Å². The first-order valence-electron chi connectivity index (χ1n) is 13.3. The van der Waals surface area contributed by atoms with Gasteiger partial charge in [-0.15, -0.1) is 0 Å². The van der Waals surface area contributed by atoms with E-state index in [-0.39, 0.29) is 24.4 Å². The van der Waals surface area contributed by atoms with E-state index in [1.807, 2.05) is 13.8 Å². The number of fused-ring (bicyclic) bond motifs is 1. The van der Waals surface area contributed by atoms with Gasteiger partial charge in [0.25, 0.3) is 7.52 Å². The Morgan fingerprint density at radius 1 is 1.18 bits per heavy atom. The number of nitrogens with zero attached hydrogens (tertiary/aromatic N) is 4. The summed E-state index contributed by atoms with van der Waals surface area (Å²) >= 11 is 0. The van der Waals surface area contributed by atoms with E-state index in [9.17, 15) is 14.2 Å². The molecule has 3 atom stereocenters. The minimum absolute atomic E-state index is 0.127. The molecule has 218 valence electrons. The summed E-state index contributed by atoms with van der Waals surface area (Å²) in [5, 5.41) is 2.79. The molecule has 2 aromatic heterocycles. The van der Waals surface area contributed by atoms with Crippen LogP contribution in [-0.2, 0) is 39.4 Å². The zero-order chi connectivity index (χ0) is 28.8. The van der Waals surface area contributed by atoms with Crippen LogP contribution in [0.4, 0.5) is 5.82 Å². The molecule has 1 saturated carbocycles. The Morgan fingerprint density at radius 3 is 2.54 bits per heavy atom.